The molecule has 2 bridgehead atoms. The number of carbonyl (C=O) groups excluding carboxylic acids is 3. The molecule has 2 aromatic rings. The highest BCUT2D eigenvalue weighted by Crippen LogP contribution is 2.69. The van der Waals surface area contributed by atoms with E-state index in [1.807, 2.05) is 65.6 Å². The smallest absolute Gasteiger partial charge is 0.247 e. The third-order valence-corrected chi connectivity index (χ3v) is 12.6. The maximum Gasteiger partial charge on any atom is 0.247 e. The van der Waals surface area contributed by atoms with Crippen molar-refractivity contribution in [2.75, 3.05) is 24.6 Å². The first-order chi connectivity index (χ1) is 22.7. The van der Waals surface area contributed by atoms with Gasteiger partial charge in [0, 0.05) is 29.6 Å². The molecule has 0 radical (unpaired) electrons. The lowest BCUT2D eigenvalue weighted by atomic mass is 9.65. The van der Waals surface area contributed by atoms with Crippen LogP contribution in [0.2, 0.25) is 0 Å². The largest absolute Gasteiger partial charge is 0.394 e. The van der Waals surface area contributed by atoms with Crippen molar-refractivity contribution in [3.8, 4) is 0 Å². The number of amides is 3. The summed E-state index contributed by atoms with van der Waals surface area (Å²) in [4.78, 5) is 50.6. The van der Waals surface area contributed by atoms with E-state index in [1.54, 1.807) is 33.7 Å². The van der Waals surface area contributed by atoms with Crippen molar-refractivity contribution in [2.45, 2.75) is 88.4 Å². The molecule has 7 nitrogen and oxygen atoms in total. The molecule has 3 unspecified atom stereocenters. The molecule has 0 aromatic heterocycles. The monoisotopic (exact) mass is 671 g/mol. The summed E-state index contributed by atoms with van der Waals surface area (Å²) in [7, 11) is 0. The van der Waals surface area contributed by atoms with Crippen LogP contribution in [0.25, 0.3) is 0 Å². The maximum absolute atomic E-state index is 15.4. The van der Waals surface area contributed by atoms with Gasteiger partial charge in [0.1, 0.15) is 6.04 Å². The molecule has 1 N–H and O–H groups in total. The molecule has 2 aromatic carbocycles. The van der Waals surface area contributed by atoms with E-state index in [-0.39, 0.29) is 40.9 Å². The van der Waals surface area contributed by atoms with E-state index in [0.29, 0.717) is 19.5 Å². The molecule has 3 saturated heterocycles. The van der Waals surface area contributed by atoms with Gasteiger partial charge in [0.15, 0.2) is 0 Å². The highest BCUT2D eigenvalue weighted by molar-refractivity contribution is 8.02. The van der Waals surface area contributed by atoms with Crippen LogP contribution >= 0.6 is 11.8 Å². The van der Waals surface area contributed by atoms with Gasteiger partial charge in [-0.15, -0.1) is 24.9 Å². The number of carbonyl (C=O) groups is 3. The van der Waals surface area contributed by atoms with E-state index in [1.165, 1.54) is 0 Å². The highest BCUT2D eigenvalue weighted by Gasteiger charge is 2.77. The lowest BCUT2D eigenvalue weighted by molar-refractivity contribution is -0.149. The van der Waals surface area contributed by atoms with Crippen LogP contribution in [0.15, 0.2) is 86.0 Å². The normalized spacial score (nSPS) is 27.0. The Morgan fingerprint density at radius 1 is 1.00 bits per heavy atom. The van der Waals surface area contributed by atoms with Crippen LogP contribution < -0.4 is 4.90 Å². The number of anilines is 1. The second-order valence-corrected chi connectivity index (χ2v) is 17.2. The lowest BCUT2D eigenvalue weighted by Crippen LogP contribution is -2.63. The fraction of sp³-hybridized carbons (Fsp3) is 0.525. The average molecular weight is 672 g/mol. The minimum absolute atomic E-state index is 0.00130. The van der Waals surface area contributed by atoms with Crippen molar-refractivity contribution in [3.63, 3.8) is 0 Å². The Hall–Kier alpha value is -3.36. The Morgan fingerprint density at radius 2 is 1.60 bits per heavy atom. The van der Waals surface area contributed by atoms with Crippen LogP contribution in [-0.2, 0) is 20.8 Å². The first-order valence-corrected chi connectivity index (χ1v) is 18.1. The van der Waals surface area contributed by atoms with Crippen molar-refractivity contribution in [1.29, 1.82) is 0 Å². The second kappa shape index (κ2) is 13.9. The number of para-hydroxylation sites is 1. The van der Waals surface area contributed by atoms with Gasteiger partial charge < -0.3 is 19.8 Å². The first kappa shape index (κ1) is 35.9. The van der Waals surface area contributed by atoms with Crippen molar-refractivity contribution < 1.29 is 19.5 Å². The zero-order valence-corrected chi connectivity index (χ0v) is 30.3. The van der Waals surface area contributed by atoms with Gasteiger partial charge in [-0.25, -0.2) is 0 Å². The molecule has 3 fully saturated rings. The number of thioether (sulfide) groups is 1. The zero-order valence-electron chi connectivity index (χ0n) is 29.5. The number of aliphatic hydroxyl groups excluding tert-OH is 1. The standard InChI is InChI=1S/C40H53N3O4S/c1-9-21-41(29-19-15-12-16-20-29)35(45)32-31-23-27(3)40(48-31)33(32)36(46)43(30(25-44)24-28-17-13-11-14-18-28)34(40)37(47)42(22-10-2)39(7,8)26-38(4,5)6/h9-20,27,30-34,44H,1-2,21-26H2,3-8H3/t27?,30-,31-,32+,33+,34?,40?/m1/s1. The number of rotatable bonds is 13. The number of benzene rings is 2. The van der Waals surface area contributed by atoms with E-state index in [2.05, 4.69) is 54.7 Å². The molecule has 48 heavy (non-hydrogen) atoms. The van der Waals surface area contributed by atoms with E-state index >= 15 is 9.59 Å². The number of hydrogen-bond acceptors (Lipinski definition) is 5. The first-order valence-electron chi connectivity index (χ1n) is 17.3. The van der Waals surface area contributed by atoms with Gasteiger partial charge in [-0.3, -0.25) is 14.4 Å². The van der Waals surface area contributed by atoms with Gasteiger partial charge in [0.25, 0.3) is 0 Å². The molecule has 3 amide bonds. The molecule has 3 aliphatic rings. The predicted molar refractivity (Wildman–Crippen MR) is 196 cm³/mol. The van der Waals surface area contributed by atoms with Gasteiger partial charge in [0.05, 0.1) is 29.2 Å². The molecule has 8 heteroatoms. The quantitative estimate of drug-likeness (QED) is 0.250. The van der Waals surface area contributed by atoms with Gasteiger partial charge in [0.2, 0.25) is 17.7 Å². The second-order valence-electron chi connectivity index (χ2n) is 15.7. The van der Waals surface area contributed by atoms with Gasteiger partial charge in [-0.2, -0.15) is 0 Å². The minimum Gasteiger partial charge on any atom is -0.394 e. The van der Waals surface area contributed by atoms with E-state index < -0.39 is 34.2 Å². The van der Waals surface area contributed by atoms with Gasteiger partial charge >= 0.3 is 0 Å². The van der Waals surface area contributed by atoms with Crippen LogP contribution in [0.1, 0.15) is 59.9 Å². The molecule has 1 spiro atoms. The average Bonchev–Trinajstić information content (AvgIpc) is 3.64. The Morgan fingerprint density at radius 3 is 2.17 bits per heavy atom. The Kier molecular flexibility index (Phi) is 10.4. The third-order valence-electron chi connectivity index (χ3n) is 10.5. The van der Waals surface area contributed by atoms with Crippen LogP contribution in [0.3, 0.4) is 0 Å². The number of likely N-dealkylation sites (tertiary alicyclic amines) is 1. The summed E-state index contributed by atoms with van der Waals surface area (Å²) in [6.45, 7) is 21.1. The molecule has 258 valence electrons. The number of hydrogen-bond donors (Lipinski definition) is 1. The van der Waals surface area contributed by atoms with Crippen LogP contribution in [0, 0.1) is 23.2 Å². The molecule has 3 aliphatic heterocycles. The summed E-state index contributed by atoms with van der Waals surface area (Å²) in [5.41, 5.74) is 1.12. The van der Waals surface area contributed by atoms with Crippen LogP contribution in [0.4, 0.5) is 5.69 Å². The van der Waals surface area contributed by atoms with E-state index in [4.69, 9.17) is 0 Å². The summed E-state index contributed by atoms with van der Waals surface area (Å²) in [5, 5.41) is 10.9. The van der Waals surface area contributed by atoms with Crippen molar-refractivity contribution in [2.24, 2.45) is 23.2 Å². The molecular weight excluding hydrogens is 619 g/mol. The summed E-state index contributed by atoms with van der Waals surface area (Å²) >= 11 is 1.67. The van der Waals surface area contributed by atoms with Crippen molar-refractivity contribution in [1.82, 2.24) is 9.80 Å². The van der Waals surface area contributed by atoms with Gasteiger partial charge in [-0.1, -0.05) is 88.4 Å². The Bertz CT molecular complexity index is 1510. The maximum atomic E-state index is 15.4. The fourth-order valence-electron chi connectivity index (χ4n) is 9.10. The summed E-state index contributed by atoms with van der Waals surface area (Å²) in [5.74, 6) is -1.76. The van der Waals surface area contributed by atoms with Crippen molar-refractivity contribution in [3.05, 3.63) is 91.5 Å². The Balaban J connectivity index is 1.65. The predicted octanol–water partition coefficient (Wildman–Crippen LogP) is 6.38. The topological polar surface area (TPSA) is 81.2 Å². The molecule has 3 heterocycles. The summed E-state index contributed by atoms with van der Waals surface area (Å²) in [6.07, 6.45) is 5.34. The SMILES string of the molecule is C=CCN(C(=O)[C@@H]1[C@H]2C(=O)N([C@@H](CO)Cc3ccccc3)C(C(=O)N(CC=C)C(C)(C)CC(C)(C)C)C23S[C@@H]1CC3C)c1ccccc1. The summed E-state index contributed by atoms with van der Waals surface area (Å²) in [6, 6.07) is 17.8. The fourth-order valence-corrected chi connectivity index (χ4v) is 11.5. The lowest BCUT2D eigenvalue weighted by Gasteiger charge is -2.47. The Labute approximate surface area is 291 Å². The van der Waals surface area contributed by atoms with Gasteiger partial charge in [-0.05, 0) is 62.1 Å². The molecular formula is C40H53N3O4S. The number of nitrogens with zero attached hydrogens (tertiary/aromatic N) is 3. The van der Waals surface area contributed by atoms with E-state index in [0.717, 1.165) is 24.1 Å². The molecule has 0 saturated carbocycles. The number of fused-ring (bicyclic) bond motifs is 1. The molecule has 5 rings (SSSR count). The molecule has 7 atom stereocenters. The third kappa shape index (κ3) is 6.38. The highest BCUT2D eigenvalue weighted by atomic mass is 32.2. The van der Waals surface area contributed by atoms with Crippen LogP contribution in [-0.4, -0.2) is 79.9 Å². The van der Waals surface area contributed by atoms with Crippen LogP contribution in [0.5, 0.6) is 0 Å². The minimum atomic E-state index is -0.845. The zero-order chi connectivity index (χ0) is 35.0. The summed E-state index contributed by atoms with van der Waals surface area (Å²) < 4.78 is -0.822. The molecule has 0 aliphatic carbocycles. The van der Waals surface area contributed by atoms with E-state index in [9.17, 15) is 9.90 Å². The van der Waals surface area contributed by atoms with Crippen molar-refractivity contribution >= 4 is 35.2 Å². The number of aliphatic hydroxyl groups is 1.